The van der Waals surface area contributed by atoms with Gasteiger partial charge in [-0.15, -0.1) is 0 Å². The normalized spacial score (nSPS) is 14.6. The van der Waals surface area contributed by atoms with Gasteiger partial charge in [-0.25, -0.2) is 8.42 Å². The van der Waals surface area contributed by atoms with E-state index in [9.17, 15) is 18.0 Å². The highest BCUT2D eigenvalue weighted by molar-refractivity contribution is 7.92. The molecule has 3 aromatic carbocycles. The number of benzene rings is 3. The maximum Gasteiger partial charge on any atom is 0.244 e. The van der Waals surface area contributed by atoms with Crippen molar-refractivity contribution in [2.24, 2.45) is 0 Å². The molecule has 0 aliphatic heterocycles. The van der Waals surface area contributed by atoms with E-state index in [0.29, 0.717) is 15.6 Å². The van der Waals surface area contributed by atoms with E-state index < -0.39 is 28.5 Å². The lowest BCUT2D eigenvalue weighted by Crippen LogP contribution is -2.55. The Bertz CT molecular complexity index is 1530. The van der Waals surface area contributed by atoms with E-state index in [1.54, 1.807) is 18.2 Å². The van der Waals surface area contributed by atoms with Crippen LogP contribution in [0, 0.1) is 0 Å². The fraction of sp³-hybridized carbons (Fsp3) is 0.355. The molecular weight excluding hydrogens is 652 g/mol. The second-order valence-corrected chi connectivity index (χ2v) is 14.2. The Kier molecular flexibility index (Phi) is 11.6. The molecule has 1 fully saturated rings. The molecule has 1 aliphatic rings. The summed E-state index contributed by atoms with van der Waals surface area (Å²) in [4.78, 5) is 29.7. The zero-order valence-electron chi connectivity index (χ0n) is 23.6. The average molecular weight is 686 g/mol. The molecule has 2 amide bonds. The van der Waals surface area contributed by atoms with Crippen molar-refractivity contribution in [3.8, 4) is 0 Å². The van der Waals surface area contributed by atoms with E-state index in [2.05, 4.69) is 5.32 Å². The Morgan fingerprint density at radius 3 is 2.12 bits per heavy atom. The first-order valence-corrected chi connectivity index (χ1v) is 17.3. The largest absolute Gasteiger partial charge is 0.352 e. The summed E-state index contributed by atoms with van der Waals surface area (Å²) in [5.74, 6) is -0.945. The second-order valence-electron chi connectivity index (χ2n) is 10.6. The Hall–Kier alpha value is -2.49. The molecule has 4 rings (SSSR count). The Balaban J connectivity index is 1.76. The first-order chi connectivity index (χ1) is 20.4. The highest BCUT2D eigenvalue weighted by atomic mass is 35.5. The topological polar surface area (TPSA) is 86.8 Å². The average Bonchev–Trinajstić information content (AvgIpc) is 2.97. The Morgan fingerprint density at radius 1 is 0.860 bits per heavy atom. The van der Waals surface area contributed by atoms with Crippen molar-refractivity contribution in [2.45, 2.75) is 57.2 Å². The minimum atomic E-state index is -3.96. The van der Waals surface area contributed by atoms with Crippen molar-refractivity contribution in [2.75, 3.05) is 17.1 Å². The molecule has 0 saturated heterocycles. The predicted molar refractivity (Wildman–Crippen MR) is 175 cm³/mol. The number of carbonyl (C=O) groups is 2. The number of nitrogens with one attached hydrogen (secondary N) is 1. The summed E-state index contributed by atoms with van der Waals surface area (Å²) in [6.45, 7) is -0.716. The SMILES string of the molecule is CS(=O)(=O)N(CC(=O)N(Cc1c(Cl)cccc1Cl)[C@@H](Cc1ccccc1)C(=O)NC1CCCCC1)c1ccc(Cl)c(Cl)c1. The summed E-state index contributed by atoms with van der Waals surface area (Å²) >= 11 is 25.3. The molecule has 1 aliphatic carbocycles. The maximum absolute atomic E-state index is 14.3. The van der Waals surface area contributed by atoms with E-state index in [1.807, 2.05) is 30.3 Å². The molecule has 0 heterocycles. The van der Waals surface area contributed by atoms with Gasteiger partial charge < -0.3 is 10.2 Å². The number of nitrogens with zero attached hydrogens (tertiary/aromatic N) is 2. The predicted octanol–water partition coefficient (Wildman–Crippen LogP) is 7.16. The zero-order chi connectivity index (χ0) is 31.1. The van der Waals surface area contributed by atoms with Gasteiger partial charge in [0.25, 0.3) is 0 Å². The van der Waals surface area contributed by atoms with Gasteiger partial charge in [0, 0.05) is 34.6 Å². The fourth-order valence-corrected chi connectivity index (χ4v) is 6.86. The third kappa shape index (κ3) is 9.02. The van der Waals surface area contributed by atoms with Gasteiger partial charge in [-0.3, -0.25) is 13.9 Å². The molecule has 1 atom stereocenters. The maximum atomic E-state index is 14.3. The van der Waals surface area contributed by atoms with E-state index in [1.165, 1.54) is 23.1 Å². The molecule has 7 nitrogen and oxygen atoms in total. The molecule has 0 aromatic heterocycles. The van der Waals surface area contributed by atoms with Crippen LogP contribution in [0.1, 0.15) is 43.2 Å². The number of hydrogen-bond donors (Lipinski definition) is 1. The zero-order valence-corrected chi connectivity index (χ0v) is 27.5. The summed E-state index contributed by atoms with van der Waals surface area (Å²) in [5, 5.41) is 4.17. The summed E-state index contributed by atoms with van der Waals surface area (Å²) in [5.41, 5.74) is 1.44. The third-order valence-corrected chi connectivity index (χ3v) is 10.1. The number of carbonyl (C=O) groups excluding carboxylic acids is 2. The van der Waals surface area contributed by atoms with Crippen molar-refractivity contribution in [1.29, 1.82) is 0 Å². The van der Waals surface area contributed by atoms with Gasteiger partial charge in [-0.2, -0.15) is 0 Å². The van der Waals surface area contributed by atoms with Crippen LogP contribution in [0.25, 0.3) is 0 Å². The smallest absolute Gasteiger partial charge is 0.244 e. The van der Waals surface area contributed by atoms with Crippen molar-refractivity contribution < 1.29 is 18.0 Å². The summed E-state index contributed by atoms with van der Waals surface area (Å²) in [6.07, 6.45) is 6.04. The van der Waals surface area contributed by atoms with Gasteiger partial charge >= 0.3 is 0 Å². The van der Waals surface area contributed by atoms with E-state index in [0.717, 1.165) is 48.2 Å². The van der Waals surface area contributed by atoms with Crippen LogP contribution in [0.15, 0.2) is 66.7 Å². The molecule has 3 aromatic rings. The lowest BCUT2D eigenvalue weighted by molar-refractivity contribution is -0.140. The molecule has 43 heavy (non-hydrogen) atoms. The Labute approximate surface area is 273 Å². The van der Waals surface area contributed by atoms with Crippen molar-refractivity contribution in [1.82, 2.24) is 10.2 Å². The molecule has 0 spiro atoms. The van der Waals surface area contributed by atoms with E-state index in [4.69, 9.17) is 46.4 Å². The van der Waals surface area contributed by atoms with Gasteiger partial charge in [-0.05, 0) is 48.7 Å². The first-order valence-electron chi connectivity index (χ1n) is 13.9. The van der Waals surface area contributed by atoms with Gasteiger partial charge in [0.1, 0.15) is 12.6 Å². The molecule has 0 unspecified atom stereocenters. The highest BCUT2D eigenvalue weighted by Gasteiger charge is 2.35. The molecule has 1 saturated carbocycles. The number of anilines is 1. The first kappa shape index (κ1) is 33.4. The third-order valence-electron chi connectivity index (χ3n) is 7.48. The van der Waals surface area contributed by atoms with Gasteiger partial charge in [0.05, 0.1) is 22.0 Å². The van der Waals surface area contributed by atoms with Gasteiger partial charge in [0.2, 0.25) is 21.8 Å². The number of amides is 2. The standard InChI is InChI=1S/C31H33Cl4N3O4S/c1-43(41,42)38(23-15-16-27(34)28(35)18-23)20-30(39)37(19-24-25(32)13-8-14-26(24)33)29(17-21-9-4-2-5-10-21)31(40)36-22-11-6-3-7-12-22/h2,4-5,8-10,13-16,18,22,29H,3,6-7,11-12,17,19-20H2,1H3,(H,36,40)/t29-/m0/s1. The fourth-order valence-electron chi connectivity index (χ4n) is 5.21. The minimum Gasteiger partial charge on any atom is -0.352 e. The van der Waals surface area contributed by atoms with Crippen molar-refractivity contribution in [3.05, 3.63) is 97.9 Å². The number of halogens is 4. The van der Waals surface area contributed by atoms with Crippen LogP contribution in [-0.4, -0.2) is 50.0 Å². The molecule has 1 N–H and O–H groups in total. The highest BCUT2D eigenvalue weighted by Crippen LogP contribution is 2.30. The second kappa shape index (κ2) is 15.0. The van der Waals surface area contributed by atoms with Crippen LogP contribution in [0.5, 0.6) is 0 Å². The van der Waals surface area contributed by atoms with Crippen LogP contribution < -0.4 is 9.62 Å². The van der Waals surface area contributed by atoms with Crippen molar-refractivity contribution >= 4 is 73.9 Å². The van der Waals surface area contributed by atoms with E-state index >= 15 is 0 Å². The van der Waals surface area contributed by atoms with Crippen LogP contribution in [0.2, 0.25) is 20.1 Å². The monoisotopic (exact) mass is 683 g/mol. The van der Waals surface area contributed by atoms with Crippen molar-refractivity contribution in [3.63, 3.8) is 0 Å². The quantitative estimate of drug-likeness (QED) is 0.232. The minimum absolute atomic E-state index is 0.0101. The molecule has 12 heteroatoms. The van der Waals surface area contributed by atoms with Crippen LogP contribution in [-0.2, 0) is 32.6 Å². The Morgan fingerprint density at radius 2 is 1.51 bits per heavy atom. The summed E-state index contributed by atoms with van der Waals surface area (Å²) < 4.78 is 26.9. The number of rotatable bonds is 11. The van der Waals surface area contributed by atoms with Crippen LogP contribution in [0.4, 0.5) is 5.69 Å². The number of hydrogen-bond acceptors (Lipinski definition) is 4. The van der Waals surface area contributed by atoms with E-state index in [-0.39, 0.29) is 40.6 Å². The molecule has 0 bridgehead atoms. The van der Waals surface area contributed by atoms with Gasteiger partial charge in [0.15, 0.2) is 0 Å². The molecule has 230 valence electrons. The molecular formula is C31H33Cl4N3O4S. The molecule has 0 radical (unpaired) electrons. The lowest BCUT2D eigenvalue weighted by atomic mass is 9.94. The number of sulfonamides is 1. The van der Waals surface area contributed by atoms with Gasteiger partial charge in [-0.1, -0.05) is 102 Å². The lowest BCUT2D eigenvalue weighted by Gasteiger charge is -2.35. The van der Waals surface area contributed by atoms with Crippen LogP contribution in [0.3, 0.4) is 0 Å². The summed E-state index contributed by atoms with van der Waals surface area (Å²) in [7, 11) is -3.96. The summed E-state index contributed by atoms with van der Waals surface area (Å²) in [6, 6.07) is 17.6. The van der Waals surface area contributed by atoms with Crippen LogP contribution >= 0.6 is 46.4 Å².